The summed E-state index contributed by atoms with van der Waals surface area (Å²) in [7, 11) is -3.40. The van der Waals surface area contributed by atoms with Crippen molar-refractivity contribution in [3.05, 3.63) is 12.7 Å². The maximum atomic E-state index is 14.3. The SMILES string of the molecule is C#CCCC(NC(=O)[C@@H]1[C@@H]2C(CN1C(=O)[C@@H](NC(=O)NC1(CS(C)(=O)=O)CCCCC1)C(C)(C)C)C2(C)C)C(=O)C(=O)NCC=C. The zero-order valence-electron chi connectivity index (χ0n) is 28.0. The Kier molecular flexibility index (Phi) is 11.4. The number of nitrogens with one attached hydrogen (secondary N) is 4. The van der Waals surface area contributed by atoms with Gasteiger partial charge in [-0.2, -0.15) is 0 Å². The van der Waals surface area contributed by atoms with Crippen LogP contribution in [-0.2, 0) is 29.0 Å². The Morgan fingerprint density at radius 3 is 2.26 bits per heavy atom. The predicted molar refractivity (Wildman–Crippen MR) is 175 cm³/mol. The molecule has 5 atom stereocenters. The van der Waals surface area contributed by atoms with Crippen LogP contribution in [0.15, 0.2) is 12.7 Å². The second-order valence-corrected chi connectivity index (χ2v) is 17.0. The first-order valence-corrected chi connectivity index (χ1v) is 18.1. The molecule has 1 saturated heterocycles. The Labute approximate surface area is 273 Å². The molecule has 3 rings (SSSR count). The molecule has 46 heavy (non-hydrogen) atoms. The van der Waals surface area contributed by atoms with E-state index in [0.717, 1.165) is 25.5 Å². The number of fused-ring (bicyclic) bond motifs is 1. The van der Waals surface area contributed by atoms with Crippen molar-refractivity contribution in [2.45, 2.75) is 103 Å². The number of ketones is 1. The van der Waals surface area contributed by atoms with Gasteiger partial charge < -0.3 is 26.2 Å². The molecule has 4 N–H and O–H groups in total. The fourth-order valence-electron chi connectivity index (χ4n) is 7.24. The van der Waals surface area contributed by atoms with E-state index in [1.165, 1.54) is 11.0 Å². The lowest BCUT2D eigenvalue weighted by molar-refractivity contribution is -0.145. The van der Waals surface area contributed by atoms with E-state index in [2.05, 4.69) is 33.8 Å². The van der Waals surface area contributed by atoms with Crippen molar-refractivity contribution in [2.24, 2.45) is 22.7 Å². The van der Waals surface area contributed by atoms with E-state index in [0.29, 0.717) is 12.8 Å². The van der Waals surface area contributed by atoms with Crippen LogP contribution in [0.4, 0.5) is 4.79 Å². The van der Waals surface area contributed by atoms with Gasteiger partial charge in [-0.15, -0.1) is 18.9 Å². The topological polar surface area (TPSA) is 171 Å². The molecule has 3 fully saturated rings. The lowest BCUT2D eigenvalue weighted by atomic mass is 9.83. The number of carbonyl (C=O) groups is 5. The highest BCUT2D eigenvalue weighted by molar-refractivity contribution is 7.90. The third-order valence-electron chi connectivity index (χ3n) is 9.72. The largest absolute Gasteiger partial charge is 0.346 e. The Morgan fingerprint density at radius 1 is 1.09 bits per heavy atom. The molecule has 2 saturated carbocycles. The zero-order chi connectivity index (χ0) is 34.7. The number of carbonyl (C=O) groups excluding carboxylic acids is 5. The van der Waals surface area contributed by atoms with Crippen LogP contribution in [0.25, 0.3) is 0 Å². The summed E-state index contributed by atoms with van der Waals surface area (Å²) in [6, 6.07) is -3.81. The molecule has 13 heteroatoms. The lowest BCUT2D eigenvalue weighted by Gasteiger charge is -2.40. The molecule has 0 aromatic rings. The van der Waals surface area contributed by atoms with Gasteiger partial charge >= 0.3 is 6.03 Å². The summed E-state index contributed by atoms with van der Waals surface area (Å²) < 4.78 is 24.5. The number of urea groups is 1. The van der Waals surface area contributed by atoms with Crippen LogP contribution >= 0.6 is 0 Å². The van der Waals surface area contributed by atoms with Crippen molar-refractivity contribution in [3.63, 3.8) is 0 Å². The highest BCUT2D eigenvalue weighted by Crippen LogP contribution is 2.65. The summed E-state index contributed by atoms with van der Waals surface area (Å²) in [6.45, 7) is 13.3. The minimum Gasteiger partial charge on any atom is -0.346 e. The monoisotopic (exact) mass is 661 g/mol. The van der Waals surface area contributed by atoms with Crippen LogP contribution in [0.3, 0.4) is 0 Å². The van der Waals surface area contributed by atoms with Crippen molar-refractivity contribution < 1.29 is 32.4 Å². The van der Waals surface area contributed by atoms with Crippen LogP contribution in [0.5, 0.6) is 0 Å². The van der Waals surface area contributed by atoms with Crippen LogP contribution < -0.4 is 21.3 Å². The number of hydrogen-bond donors (Lipinski definition) is 4. The van der Waals surface area contributed by atoms with Gasteiger partial charge in [0.15, 0.2) is 0 Å². The number of sulfone groups is 1. The van der Waals surface area contributed by atoms with Crippen molar-refractivity contribution in [3.8, 4) is 12.3 Å². The first-order chi connectivity index (χ1) is 21.3. The van der Waals surface area contributed by atoms with Gasteiger partial charge in [-0.3, -0.25) is 19.2 Å². The standard InChI is InChI=1S/C33H51N5O7S/c1-9-11-15-22(25(39)28(41)34-18-10-2)35-27(40)24-23-21(32(23,6)7)19-38(24)29(42)26(31(3,4)5)36-30(43)37-33(20-46(8,44)45)16-13-12-14-17-33/h1,10,21-24,26H,2,11-20H2,3-8H3,(H,34,41)(H,35,40)(H2,36,37,43)/t21?,22?,23-,24-,26+/m0/s1. The molecule has 256 valence electrons. The number of rotatable bonds is 13. The molecule has 2 unspecified atom stereocenters. The molecule has 12 nitrogen and oxygen atoms in total. The highest BCUT2D eigenvalue weighted by atomic mass is 32.2. The lowest BCUT2D eigenvalue weighted by Crippen LogP contribution is -2.63. The average molecular weight is 662 g/mol. The Bertz CT molecular complexity index is 1370. The average Bonchev–Trinajstić information content (AvgIpc) is 3.26. The normalized spacial score (nSPS) is 24.3. The second kappa shape index (κ2) is 14.2. The molecule has 0 bridgehead atoms. The number of nitrogens with zero attached hydrogens (tertiary/aromatic N) is 1. The maximum absolute atomic E-state index is 14.3. The van der Waals surface area contributed by atoms with E-state index in [4.69, 9.17) is 6.42 Å². The summed E-state index contributed by atoms with van der Waals surface area (Å²) in [4.78, 5) is 68.6. The summed E-state index contributed by atoms with van der Waals surface area (Å²) in [5.74, 6) is -0.665. The van der Waals surface area contributed by atoms with Crippen molar-refractivity contribution in [1.29, 1.82) is 0 Å². The van der Waals surface area contributed by atoms with Crippen LogP contribution in [-0.4, -0.2) is 91.6 Å². The quantitative estimate of drug-likeness (QED) is 0.132. The molecule has 1 heterocycles. The van der Waals surface area contributed by atoms with Crippen LogP contribution in [0, 0.1) is 35.0 Å². The van der Waals surface area contributed by atoms with Crippen molar-refractivity contribution >= 4 is 39.4 Å². The molecule has 1 aliphatic heterocycles. The van der Waals surface area contributed by atoms with E-state index in [-0.39, 0.29) is 48.9 Å². The minimum atomic E-state index is -3.40. The molecule has 3 aliphatic rings. The molecule has 2 aliphatic carbocycles. The fraction of sp³-hybridized carbons (Fsp3) is 0.727. The van der Waals surface area contributed by atoms with Gasteiger partial charge in [0.25, 0.3) is 5.91 Å². The Hall–Kier alpha value is -3.40. The number of terminal acetylenes is 1. The molecule has 0 aromatic heterocycles. The van der Waals surface area contributed by atoms with Crippen molar-refractivity contribution in [2.75, 3.05) is 25.1 Å². The number of Topliss-reactive ketones (excluding diaryl/α,β-unsaturated/α-hetero) is 1. The van der Waals surface area contributed by atoms with Gasteiger partial charge in [-0.1, -0.05) is 60.0 Å². The number of amides is 5. The highest BCUT2D eigenvalue weighted by Gasteiger charge is 2.70. The summed E-state index contributed by atoms with van der Waals surface area (Å²) in [6.07, 6.45) is 11.7. The van der Waals surface area contributed by atoms with E-state index < -0.39 is 68.5 Å². The van der Waals surface area contributed by atoms with Crippen molar-refractivity contribution in [1.82, 2.24) is 26.2 Å². The first-order valence-electron chi connectivity index (χ1n) is 16.0. The van der Waals surface area contributed by atoms with E-state index >= 15 is 0 Å². The van der Waals surface area contributed by atoms with E-state index in [1.54, 1.807) is 20.8 Å². The summed E-state index contributed by atoms with van der Waals surface area (Å²) >= 11 is 0. The minimum absolute atomic E-state index is 0.0256. The first kappa shape index (κ1) is 37.1. The third kappa shape index (κ3) is 8.69. The molecule has 0 radical (unpaired) electrons. The smallest absolute Gasteiger partial charge is 0.315 e. The molecule has 0 spiro atoms. The van der Waals surface area contributed by atoms with Gasteiger partial charge in [0.1, 0.15) is 21.9 Å². The predicted octanol–water partition coefficient (Wildman–Crippen LogP) is 1.70. The van der Waals surface area contributed by atoms with E-state index in [9.17, 15) is 32.4 Å². The van der Waals surface area contributed by atoms with Crippen LogP contribution in [0.1, 0.15) is 79.6 Å². The van der Waals surface area contributed by atoms with Crippen LogP contribution in [0.2, 0.25) is 0 Å². The van der Waals surface area contributed by atoms with Gasteiger partial charge in [0.2, 0.25) is 17.6 Å². The fourth-order valence-corrected chi connectivity index (χ4v) is 8.60. The Balaban J connectivity index is 1.85. The van der Waals surface area contributed by atoms with E-state index in [1.807, 2.05) is 13.8 Å². The molecular formula is C33H51N5O7S. The Morgan fingerprint density at radius 2 is 1.72 bits per heavy atom. The summed E-state index contributed by atoms with van der Waals surface area (Å²) in [5.41, 5.74) is -1.94. The second-order valence-electron chi connectivity index (χ2n) is 14.9. The maximum Gasteiger partial charge on any atom is 0.315 e. The zero-order valence-corrected chi connectivity index (χ0v) is 28.8. The van der Waals surface area contributed by atoms with Gasteiger partial charge in [-0.25, -0.2) is 13.2 Å². The van der Waals surface area contributed by atoms with Gasteiger partial charge in [-0.05, 0) is 41.9 Å². The third-order valence-corrected chi connectivity index (χ3v) is 10.8. The molecular weight excluding hydrogens is 610 g/mol. The number of likely N-dealkylation sites (tertiary alicyclic amines) is 1. The number of piperidine rings is 1. The molecule has 0 aromatic carbocycles. The summed E-state index contributed by atoms with van der Waals surface area (Å²) in [5, 5.41) is 10.9. The number of hydrogen-bond acceptors (Lipinski definition) is 7. The van der Waals surface area contributed by atoms with Gasteiger partial charge in [0.05, 0.1) is 17.3 Å². The molecule has 5 amide bonds. The van der Waals surface area contributed by atoms with Gasteiger partial charge in [0, 0.05) is 25.8 Å².